The molecule has 0 radical (unpaired) electrons. The van der Waals surface area contributed by atoms with Crippen LogP contribution in [0.3, 0.4) is 0 Å². The van der Waals surface area contributed by atoms with Crippen molar-refractivity contribution in [1.82, 2.24) is 15.2 Å². The average molecular weight is 281 g/mol. The lowest BCUT2D eigenvalue weighted by Gasteiger charge is -2.23. The molecule has 21 heavy (non-hydrogen) atoms. The maximum Gasteiger partial charge on any atom is 0.0446 e. The Morgan fingerprint density at radius 3 is 2.48 bits per heavy atom. The van der Waals surface area contributed by atoms with Crippen molar-refractivity contribution in [2.24, 2.45) is 0 Å². The molecule has 1 atom stereocenters. The molecular formula is C18H23N3. The van der Waals surface area contributed by atoms with Crippen molar-refractivity contribution in [2.75, 3.05) is 26.7 Å². The van der Waals surface area contributed by atoms with Gasteiger partial charge in [-0.1, -0.05) is 30.3 Å². The molecule has 1 aromatic heterocycles. The summed E-state index contributed by atoms with van der Waals surface area (Å²) in [5, 5.41) is 3.45. The van der Waals surface area contributed by atoms with Gasteiger partial charge in [0.2, 0.25) is 0 Å². The molecule has 0 amide bonds. The van der Waals surface area contributed by atoms with E-state index in [0.29, 0.717) is 6.04 Å². The van der Waals surface area contributed by atoms with Gasteiger partial charge in [0.25, 0.3) is 0 Å². The summed E-state index contributed by atoms with van der Waals surface area (Å²) in [7, 11) is 2.05. The quantitative estimate of drug-likeness (QED) is 0.913. The van der Waals surface area contributed by atoms with Gasteiger partial charge in [-0.2, -0.15) is 0 Å². The molecule has 1 saturated heterocycles. The number of likely N-dealkylation sites (tertiary alicyclic amines) is 1. The third-order valence-electron chi connectivity index (χ3n) is 4.30. The first kappa shape index (κ1) is 14.2. The van der Waals surface area contributed by atoms with Gasteiger partial charge in [0, 0.05) is 25.0 Å². The van der Waals surface area contributed by atoms with Crippen LogP contribution in [0.1, 0.15) is 24.4 Å². The van der Waals surface area contributed by atoms with E-state index in [0.717, 1.165) is 6.54 Å². The van der Waals surface area contributed by atoms with Crippen molar-refractivity contribution in [1.29, 1.82) is 0 Å². The van der Waals surface area contributed by atoms with Crippen LogP contribution in [-0.2, 0) is 0 Å². The Bertz CT molecular complexity index is 544. The highest BCUT2D eigenvalue weighted by atomic mass is 15.2. The van der Waals surface area contributed by atoms with Gasteiger partial charge in [-0.25, -0.2) is 0 Å². The zero-order chi connectivity index (χ0) is 14.5. The number of rotatable bonds is 5. The molecule has 1 aliphatic rings. The molecule has 3 nitrogen and oxygen atoms in total. The summed E-state index contributed by atoms with van der Waals surface area (Å²) in [4.78, 5) is 6.74. The van der Waals surface area contributed by atoms with Gasteiger partial charge >= 0.3 is 0 Å². The van der Waals surface area contributed by atoms with Gasteiger partial charge in [-0.05, 0) is 55.7 Å². The van der Waals surface area contributed by atoms with E-state index < -0.39 is 0 Å². The van der Waals surface area contributed by atoms with E-state index in [-0.39, 0.29) is 0 Å². The first-order valence-corrected chi connectivity index (χ1v) is 7.77. The summed E-state index contributed by atoms with van der Waals surface area (Å²) in [6.07, 6.45) is 6.41. The lowest BCUT2D eigenvalue weighted by Crippen LogP contribution is -2.31. The number of hydrogen-bond donors (Lipinski definition) is 1. The van der Waals surface area contributed by atoms with E-state index in [1.54, 1.807) is 0 Å². The summed E-state index contributed by atoms with van der Waals surface area (Å²) < 4.78 is 0. The van der Waals surface area contributed by atoms with Crippen molar-refractivity contribution in [3.63, 3.8) is 0 Å². The zero-order valence-corrected chi connectivity index (χ0v) is 12.6. The van der Waals surface area contributed by atoms with Crippen molar-refractivity contribution in [3.8, 4) is 11.1 Å². The second kappa shape index (κ2) is 6.83. The Kier molecular flexibility index (Phi) is 4.63. The van der Waals surface area contributed by atoms with Gasteiger partial charge in [-0.3, -0.25) is 4.98 Å². The van der Waals surface area contributed by atoms with E-state index in [4.69, 9.17) is 0 Å². The predicted molar refractivity (Wildman–Crippen MR) is 87.1 cm³/mol. The Morgan fingerprint density at radius 1 is 1.10 bits per heavy atom. The molecule has 3 rings (SSSR count). The van der Waals surface area contributed by atoms with Gasteiger partial charge < -0.3 is 10.2 Å². The normalized spacial score (nSPS) is 17.0. The Balaban J connectivity index is 1.72. The molecule has 2 aromatic rings. The number of hydrogen-bond acceptors (Lipinski definition) is 3. The van der Waals surface area contributed by atoms with Gasteiger partial charge in [0.15, 0.2) is 0 Å². The van der Waals surface area contributed by atoms with Crippen LogP contribution < -0.4 is 5.32 Å². The van der Waals surface area contributed by atoms with Crippen molar-refractivity contribution in [3.05, 3.63) is 54.4 Å². The van der Waals surface area contributed by atoms with Crippen molar-refractivity contribution in [2.45, 2.75) is 18.9 Å². The zero-order valence-electron chi connectivity index (χ0n) is 12.6. The van der Waals surface area contributed by atoms with Crippen LogP contribution in [0.25, 0.3) is 11.1 Å². The first-order valence-electron chi connectivity index (χ1n) is 7.77. The number of aromatic nitrogens is 1. The molecule has 1 N–H and O–H groups in total. The summed E-state index contributed by atoms with van der Waals surface area (Å²) in [5.74, 6) is 0. The second-order valence-corrected chi connectivity index (χ2v) is 5.71. The molecule has 1 unspecified atom stereocenters. The summed E-state index contributed by atoms with van der Waals surface area (Å²) >= 11 is 0. The van der Waals surface area contributed by atoms with E-state index in [9.17, 15) is 0 Å². The van der Waals surface area contributed by atoms with Crippen LogP contribution in [0.2, 0.25) is 0 Å². The summed E-state index contributed by atoms with van der Waals surface area (Å²) in [5.41, 5.74) is 3.75. The second-order valence-electron chi connectivity index (χ2n) is 5.71. The molecule has 2 heterocycles. The molecule has 3 heteroatoms. The maximum absolute atomic E-state index is 4.18. The highest BCUT2D eigenvalue weighted by Gasteiger charge is 2.17. The fourth-order valence-corrected chi connectivity index (χ4v) is 3.03. The number of likely N-dealkylation sites (N-methyl/N-ethyl adjacent to an activating group) is 1. The highest BCUT2D eigenvalue weighted by molar-refractivity contribution is 5.62. The fourth-order valence-electron chi connectivity index (χ4n) is 3.03. The smallest absolute Gasteiger partial charge is 0.0446 e. The fraction of sp³-hybridized carbons (Fsp3) is 0.389. The molecule has 1 aromatic carbocycles. The van der Waals surface area contributed by atoms with E-state index in [1.807, 2.05) is 18.5 Å². The van der Waals surface area contributed by atoms with Crippen LogP contribution in [0.15, 0.2) is 48.8 Å². The monoisotopic (exact) mass is 281 g/mol. The summed E-state index contributed by atoms with van der Waals surface area (Å²) in [6, 6.07) is 13.3. The molecule has 110 valence electrons. The molecule has 0 saturated carbocycles. The topological polar surface area (TPSA) is 28.2 Å². The van der Waals surface area contributed by atoms with E-state index >= 15 is 0 Å². The number of nitrogens with zero attached hydrogens (tertiary/aromatic N) is 2. The Hall–Kier alpha value is -1.71. The van der Waals surface area contributed by atoms with Crippen molar-refractivity contribution < 1.29 is 0 Å². The van der Waals surface area contributed by atoms with E-state index in [2.05, 4.69) is 52.6 Å². The van der Waals surface area contributed by atoms with Crippen LogP contribution in [0.4, 0.5) is 0 Å². The van der Waals surface area contributed by atoms with E-state index in [1.165, 1.54) is 42.6 Å². The van der Waals surface area contributed by atoms with Crippen LogP contribution >= 0.6 is 0 Å². The minimum absolute atomic E-state index is 0.408. The number of nitrogens with one attached hydrogen (secondary N) is 1. The summed E-state index contributed by atoms with van der Waals surface area (Å²) in [6.45, 7) is 3.58. The highest BCUT2D eigenvalue weighted by Crippen LogP contribution is 2.22. The Labute approximate surface area is 127 Å². The van der Waals surface area contributed by atoms with Crippen LogP contribution in [0, 0.1) is 0 Å². The standard InChI is InChI=1S/C18H23N3/c1-19-18(14-21-11-2-3-12-21)16-8-6-15(7-9-16)17-5-4-10-20-13-17/h4-10,13,18-19H,2-3,11-12,14H2,1H3. The third-order valence-corrected chi connectivity index (χ3v) is 4.30. The Morgan fingerprint density at radius 2 is 1.86 bits per heavy atom. The van der Waals surface area contributed by atoms with Crippen LogP contribution in [-0.4, -0.2) is 36.6 Å². The largest absolute Gasteiger partial charge is 0.312 e. The van der Waals surface area contributed by atoms with Gasteiger partial charge in [0.1, 0.15) is 0 Å². The average Bonchev–Trinajstić information content (AvgIpc) is 3.07. The number of benzene rings is 1. The molecule has 0 aliphatic carbocycles. The lowest BCUT2D eigenvalue weighted by atomic mass is 10.0. The predicted octanol–water partition coefficient (Wildman–Crippen LogP) is 3.10. The molecule has 0 spiro atoms. The molecule has 1 fully saturated rings. The van der Waals surface area contributed by atoms with Crippen molar-refractivity contribution >= 4 is 0 Å². The minimum Gasteiger partial charge on any atom is -0.312 e. The minimum atomic E-state index is 0.408. The van der Waals surface area contributed by atoms with Gasteiger partial charge in [-0.15, -0.1) is 0 Å². The number of pyridine rings is 1. The first-order chi connectivity index (χ1) is 10.4. The third kappa shape index (κ3) is 3.49. The SMILES string of the molecule is CNC(CN1CCCC1)c1ccc(-c2cccnc2)cc1. The van der Waals surface area contributed by atoms with Crippen LogP contribution in [0.5, 0.6) is 0 Å². The van der Waals surface area contributed by atoms with Gasteiger partial charge in [0.05, 0.1) is 0 Å². The lowest BCUT2D eigenvalue weighted by molar-refractivity contribution is 0.299. The molecular weight excluding hydrogens is 258 g/mol. The molecule has 1 aliphatic heterocycles. The molecule has 0 bridgehead atoms. The maximum atomic E-state index is 4.18.